The minimum atomic E-state index is -0.191. The van der Waals surface area contributed by atoms with Crippen molar-refractivity contribution >= 4 is 17.4 Å². The number of hydrogen-bond donors (Lipinski definition) is 0. The Balaban J connectivity index is 1.20. The van der Waals surface area contributed by atoms with Crippen LogP contribution >= 0.6 is 0 Å². The Bertz CT molecular complexity index is 1020. The zero-order valence-electron chi connectivity index (χ0n) is 20.7. The summed E-state index contributed by atoms with van der Waals surface area (Å²) < 4.78 is 13.5. The van der Waals surface area contributed by atoms with E-state index in [-0.39, 0.29) is 17.9 Å². The van der Waals surface area contributed by atoms with Gasteiger partial charge in [-0.05, 0) is 94.1 Å². The smallest absolute Gasteiger partial charge is 0.320 e. The monoisotopic (exact) mass is 464 g/mol. The average molecular weight is 465 g/mol. The van der Waals surface area contributed by atoms with Crippen LogP contribution < -0.4 is 4.90 Å². The van der Waals surface area contributed by atoms with E-state index in [1.165, 1.54) is 29.7 Å². The van der Waals surface area contributed by atoms with Crippen LogP contribution in [0.2, 0.25) is 0 Å². The number of carbonyl (C=O) groups excluding carboxylic acids is 1. The van der Waals surface area contributed by atoms with Gasteiger partial charge >= 0.3 is 6.03 Å². The zero-order valence-corrected chi connectivity index (χ0v) is 20.7. The molecule has 0 N–H and O–H groups in total. The Labute approximate surface area is 203 Å². The van der Waals surface area contributed by atoms with Crippen LogP contribution in [0.3, 0.4) is 0 Å². The molecular weight excluding hydrogens is 427 g/mol. The number of nitrogens with zero attached hydrogens (tertiary/aromatic N) is 4. The van der Waals surface area contributed by atoms with Crippen LogP contribution in [-0.2, 0) is 0 Å². The van der Waals surface area contributed by atoms with Crippen LogP contribution in [-0.4, -0.2) is 72.6 Å². The third-order valence-electron chi connectivity index (χ3n) is 8.03. The van der Waals surface area contributed by atoms with E-state index < -0.39 is 0 Å². The zero-order chi connectivity index (χ0) is 23.8. The van der Waals surface area contributed by atoms with E-state index >= 15 is 0 Å². The molecule has 2 aromatic rings. The summed E-state index contributed by atoms with van der Waals surface area (Å²) >= 11 is 0. The van der Waals surface area contributed by atoms with Crippen LogP contribution in [0, 0.1) is 18.7 Å². The van der Waals surface area contributed by atoms with Gasteiger partial charge in [-0.25, -0.2) is 9.18 Å². The summed E-state index contributed by atoms with van der Waals surface area (Å²) in [5, 5.41) is 0. The molecule has 2 amide bonds. The fourth-order valence-electron chi connectivity index (χ4n) is 5.99. The SMILES string of the molecule is Cc1ccc2c(c1)N(c1ccc(F)cc1)CC2C1CCN(CCN2CCN(C(C)C)C2=O)CC1. The van der Waals surface area contributed by atoms with E-state index in [2.05, 4.69) is 48.8 Å². The Kier molecular flexibility index (Phi) is 6.52. The van der Waals surface area contributed by atoms with Gasteiger partial charge < -0.3 is 19.6 Å². The van der Waals surface area contributed by atoms with Gasteiger partial charge in [0.1, 0.15) is 5.82 Å². The molecule has 1 unspecified atom stereocenters. The second-order valence-electron chi connectivity index (χ2n) is 10.5. The van der Waals surface area contributed by atoms with Gasteiger partial charge in [0.25, 0.3) is 0 Å². The number of urea groups is 1. The Morgan fingerprint density at radius 2 is 1.71 bits per heavy atom. The molecule has 5 nitrogen and oxygen atoms in total. The molecule has 6 heteroatoms. The number of anilines is 2. The van der Waals surface area contributed by atoms with E-state index in [4.69, 9.17) is 0 Å². The summed E-state index contributed by atoms with van der Waals surface area (Å²) in [6.07, 6.45) is 2.36. The maximum atomic E-state index is 13.5. The van der Waals surface area contributed by atoms with Crippen LogP contribution in [0.25, 0.3) is 0 Å². The molecule has 5 rings (SSSR count). The molecule has 0 radical (unpaired) electrons. The van der Waals surface area contributed by atoms with E-state index in [9.17, 15) is 9.18 Å². The van der Waals surface area contributed by atoms with Crippen molar-refractivity contribution < 1.29 is 9.18 Å². The van der Waals surface area contributed by atoms with Gasteiger partial charge in [0.05, 0.1) is 0 Å². The van der Waals surface area contributed by atoms with Crippen LogP contribution in [0.5, 0.6) is 0 Å². The predicted molar refractivity (Wildman–Crippen MR) is 135 cm³/mol. The van der Waals surface area contributed by atoms with Crippen molar-refractivity contribution in [2.45, 2.75) is 45.6 Å². The van der Waals surface area contributed by atoms with Crippen molar-refractivity contribution in [3.05, 3.63) is 59.4 Å². The fraction of sp³-hybridized carbons (Fsp3) is 0.536. The molecular formula is C28H37FN4O. The Morgan fingerprint density at radius 1 is 0.971 bits per heavy atom. The van der Waals surface area contributed by atoms with Gasteiger partial charge in [0.15, 0.2) is 0 Å². The van der Waals surface area contributed by atoms with E-state index in [0.29, 0.717) is 11.8 Å². The quantitative estimate of drug-likeness (QED) is 0.587. The van der Waals surface area contributed by atoms with Crippen molar-refractivity contribution in [3.63, 3.8) is 0 Å². The summed E-state index contributed by atoms with van der Waals surface area (Å²) in [6.45, 7) is 13.0. The number of halogens is 1. The molecule has 3 aliphatic rings. The van der Waals surface area contributed by atoms with E-state index in [1.54, 1.807) is 12.1 Å². The number of piperidine rings is 1. The number of carbonyl (C=O) groups is 1. The number of likely N-dealkylation sites (tertiary alicyclic amines) is 1. The van der Waals surface area contributed by atoms with Crippen molar-refractivity contribution in [2.75, 3.05) is 50.7 Å². The normalized spacial score (nSPS) is 21.7. The number of aryl methyl sites for hydroxylation is 1. The largest absolute Gasteiger partial charge is 0.341 e. The average Bonchev–Trinajstić information content (AvgIpc) is 3.39. The molecule has 0 spiro atoms. The van der Waals surface area contributed by atoms with Gasteiger partial charge in [0.2, 0.25) is 0 Å². The third-order valence-corrected chi connectivity index (χ3v) is 8.03. The molecule has 3 heterocycles. The molecule has 2 aromatic carbocycles. The topological polar surface area (TPSA) is 30.0 Å². The second kappa shape index (κ2) is 9.57. The lowest BCUT2D eigenvalue weighted by Gasteiger charge is -2.36. The highest BCUT2D eigenvalue weighted by Crippen LogP contribution is 2.46. The molecule has 0 aromatic heterocycles. The lowest BCUT2D eigenvalue weighted by atomic mass is 9.81. The summed E-state index contributed by atoms with van der Waals surface area (Å²) in [6, 6.07) is 14.2. The van der Waals surface area contributed by atoms with Gasteiger partial charge in [-0.2, -0.15) is 0 Å². The minimum Gasteiger partial charge on any atom is -0.341 e. The summed E-state index contributed by atoms with van der Waals surface area (Å²) in [5.74, 6) is 0.958. The predicted octanol–water partition coefficient (Wildman–Crippen LogP) is 5.23. The maximum Gasteiger partial charge on any atom is 0.320 e. The first-order valence-corrected chi connectivity index (χ1v) is 12.8. The summed E-state index contributed by atoms with van der Waals surface area (Å²) in [7, 11) is 0. The molecule has 2 fully saturated rings. The highest BCUT2D eigenvalue weighted by atomic mass is 19.1. The van der Waals surface area contributed by atoms with Gasteiger partial charge in [-0.15, -0.1) is 0 Å². The molecule has 2 saturated heterocycles. The lowest BCUT2D eigenvalue weighted by molar-refractivity contribution is 0.149. The lowest BCUT2D eigenvalue weighted by Crippen LogP contribution is -2.42. The van der Waals surface area contributed by atoms with Crippen molar-refractivity contribution in [1.29, 1.82) is 0 Å². The van der Waals surface area contributed by atoms with Gasteiger partial charge in [0, 0.05) is 56.1 Å². The van der Waals surface area contributed by atoms with Crippen molar-refractivity contribution in [3.8, 4) is 0 Å². The molecule has 182 valence electrons. The maximum absolute atomic E-state index is 13.5. The van der Waals surface area contributed by atoms with E-state index in [1.807, 2.05) is 21.9 Å². The molecule has 0 aliphatic carbocycles. The number of amides is 2. The number of benzene rings is 2. The molecule has 0 bridgehead atoms. The van der Waals surface area contributed by atoms with Crippen molar-refractivity contribution in [2.24, 2.45) is 5.92 Å². The van der Waals surface area contributed by atoms with E-state index in [0.717, 1.165) is 51.5 Å². The molecule has 34 heavy (non-hydrogen) atoms. The van der Waals surface area contributed by atoms with Gasteiger partial charge in [-0.1, -0.05) is 12.1 Å². The fourth-order valence-corrected chi connectivity index (χ4v) is 5.99. The standard InChI is InChI=1S/C28H37FN4O/c1-20(2)32-17-16-31(28(32)34)15-14-30-12-10-22(11-13-30)26-19-33(24-7-5-23(29)6-8-24)27-18-21(3)4-9-25(26)27/h4-9,18,20,22,26H,10-17,19H2,1-3H3. The minimum absolute atomic E-state index is 0.191. The molecule has 0 saturated carbocycles. The third kappa shape index (κ3) is 4.52. The van der Waals surface area contributed by atoms with Crippen LogP contribution in [0.15, 0.2) is 42.5 Å². The van der Waals surface area contributed by atoms with Crippen molar-refractivity contribution in [1.82, 2.24) is 14.7 Å². The Hall–Kier alpha value is -2.60. The first kappa shape index (κ1) is 23.2. The van der Waals surface area contributed by atoms with Crippen LogP contribution in [0.1, 0.15) is 43.7 Å². The summed E-state index contributed by atoms with van der Waals surface area (Å²) in [5.41, 5.74) is 5.04. The highest BCUT2D eigenvalue weighted by Gasteiger charge is 2.37. The number of rotatable bonds is 6. The second-order valence-corrected chi connectivity index (χ2v) is 10.5. The van der Waals surface area contributed by atoms with Crippen LogP contribution in [0.4, 0.5) is 20.6 Å². The number of hydrogen-bond acceptors (Lipinski definition) is 3. The van der Waals surface area contributed by atoms with Gasteiger partial charge in [-0.3, -0.25) is 0 Å². The Morgan fingerprint density at radius 3 is 2.38 bits per heavy atom. The highest BCUT2D eigenvalue weighted by molar-refractivity contribution is 5.76. The first-order chi connectivity index (χ1) is 16.4. The first-order valence-electron chi connectivity index (χ1n) is 12.8. The number of fused-ring (bicyclic) bond motifs is 1. The summed E-state index contributed by atoms with van der Waals surface area (Å²) in [4.78, 5) is 21.5. The molecule has 1 atom stereocenters. The molecule has 3 aliphatic heterocycles.